The number of carbonyl (C=O) groups is 1. The minimum atomic E-state index is -0.332. The molecule has 2 aromatic carbocycles. The molecular weight excluding hydrogens is 339 g/mol. The zero-order chi connectivity index (χ0) is 17.4. The third-order valence-electron chi connectivity index (χ3n) is 4.24. The predicted molar refractivity (Wildman–Crippen MR) is 97.2 cm³/mol. The normalized spacial score (nSPS) is 16.5. The van der Waals surface area contributed by atoms with Crippen molar-refractivity contribution in [2.24, 2.45) is 5.92 Å². The molecule has 0 N–H and O–H groups in total. The minimum absolute atomic E-state index is 0.0650. The minimum Gasteiger partial charge on any atom is -0.273 e. The topological polar surface area (TPSA) is 34.9 Å². The van der Waals surface area contributed by atoms with Gasteiger partial charge in [-0.1, -0.05) is 35.9 Å². The summed E-state index contributed by atoms with van der Waals surface area (Å²) in [5, 5.41) is 0.552. The van der Waals surface area contributed by atoms with Gasteiger partial charge in [0.25, 0.3) is 0 Å². The summed E-state index contributed by atoms with van der Waals surface area (Å²) in [5.74, 6) is -0.159. The maximum atomic E-state index is 13.3. The maximum Gasteiger partial charge on any atom is 0.240 e. The van der Waals surface area contributed by atoms with Gasteiger partial charge in [0.2, 0.25) is 5.91 Å². The van der Waals surface area contributed by atoms with Crippen LogP contribution in [-0.2, 0) is 0 Å². The van der Waals surface area contributed by atoms with E-state index in [1.54, 1.807) is 34.9 Å². The highest BCUT2D eigenvalue weighted by Gasteiger charge is 2.24. The molecule has 0 radical (unpaired) electrons. The lowest BCUT2D eigenvalue weighted by Gasteiger charge is -2.15. The zero-order valence-corrected chi connectivity index (χ0v) is 13.9. The third-order valence-corrected chi connectivity index (χ3v) is 4.47. The van der Waals surface area contributed by atoms with Crippen LogP contribution in [0.3, 0.4) is 0 Å². The summed E-state index contributed by atoms with van der Waals surface area (Å²) in [6.07, 6.45) is 8.30. The van der Waals surface area contributed by atoms with Gasteiger partial charge < -0.3 is 0 Å². The van der Waals surface area contributed by atoms with Crippen LogP contribution >= 0.6 is 11.6 Å². The molecule has 3 aromatic rings. The van der Waals surface area contributed by atoms with Crippen LogP contribution in [0.1, 0.15) is 11.2 Å². The molecule has 4 rings (SSSR count). The molecule has 1 atom stereocenters. The van der Waals surface area contributed by atoms with Crippen molar-refractivity contribution in [3.63, 3.8) is 0 Å². The molecule has 1 aromatic heterocycles. The van der Waals surface area contributed by atoms with E-state index in [4.69, 9.17) is 11.6 Å². The zero-order valence-electron chi connectivity index (χ0n) is 13.2. The van der Waals surface area contributed by atoms with E-state index in [-0.39, 0.29) is 17.6 Å². The summed E-state index contributed by atoms with van der Waals surface area (Å²) in [7, 11) is 0. The Morgan fingerprint density at radius 1 is 1.16 bits per heavy atom. The van der Waals surface area contributed by atoms with Crippen molar-refractivity contribution < 1.29 is 9.18 Å². The van der Waals surface area contributed by atoms with E-state index >= 15 is 0 Å². The average Bonchev–Trinajstić information content (AvgIpc) is 3.00. The number of carbonyl (C=O) groups excluding carboxylic acids is 1. The summed E-state index contributed by atoms with van der Waals surface area (Å²) in [4.78, 5) is 17.7. The highest BCUT2D eigenvalue weighted by molar-refractivity contribution is 6.31. The van der Waals surface area contributed by atoms with Gasteiger partial charge in [-0.15, -0.1) is 0 Å². The lowest BCUT2D eigenvalue weighted by molar-refractivity contribution is 0.0869. The van der Waals surface area contributed by atoms with Gasteiger partial charge >= 0.3 is 0 Å². The SMILES string of the molecule is O=C(C1C=CC=CC1)n1c(-c2ccc(F)cc2)nc2cc(Cl)ccc21. The van der Waals surface area contributed by atoms with Gasteiger partial charge in [0.1, 0.15) is 11.6 Å². The molecular formula is C20H14ClFN2O. The molecule has 0 saturated carbocycles. The monoisotopic (exact) mass is 352 g/mol. The molecule has 124 valence electrons. The number of hydrogen-bond acceptors (Lipinski definition) is 2. The first-order valence-corrected chi connectivity index (χ1v) is 8.33. The Bertz CT molecular complexity index is 1020. The number of rotatable bonds is 2. The van der Waals surface area contributed by atoms with Gasteiger partial charge in [0, 0.05) is 10.6 Å². The first kappa shape index (κ1) is 15.8. The van der Waals surface area contributed by atoms with Crippen molar-refractivity contribution in [2.75, 3.05) is 0 Å². The second-order valence-corrected chi connectivity index (χ2v) is 6.34. The number of allylic oxidation sites excluding steroid dienone is 4. The Morgan fingerprint density at radius 3 is 2.68 bits per heavy atom. The third kappa shape index (κ3) is 2.89. The molecule has 0 amide bonds. The van der Waals surface area contributed by atoms with E-state index in [0.29, 0.717) is 33.9 Å². The highest BCUT2D eigenvalue weighted by atomic mass is 35.5. The van der Waals surface area contributed by atoms with Gasteiger partial charge in [0.05, 0.1) is 17.0 Å². The Labute approximate surface area is 149 Å². The van der Waals surface area contributed by atoms with Gasteiger partial charge in [0.15, 0.2) is 0 Å². The van der Waals surface area contributed by atoms with Crippen LogP contribution in [0.25, 0.3) is 22.4 Å². The molecule has 0 saturated heterocycles. The van der Waals surface area contributed by atoms with Crippen LogP contribution in [0.2, 0.25) is 5.02 Å². The first-order chi connectivity index (χ1) is 12.1. The molecule has 0 aliphatic heterocycles. The number of benzene rings is 2. The lowest BCUT2D eigenvalue weighted by atomic mass is 9.99. The smallest absolute Gasteiger partial charge is 0.240 e. The van der Waals surface area contributed by atoms with E-state index in [2.05, 4.69) is 4.98 Å². The summed E-state index contributed by atoms with van der Waals surface area (Å²) < 4.78 is 14.9. The molecule has 5 heteroatoms. The standard InChI is InChI=1S/C20H14ClFN2O/c21-15-8-11-18-17(12-15)23-19(13-6-9-16(22)10-7-13)24(18)20(25)14-4-2-1-3-5-14/h1-4,6-12,14H,5H2. The van der Waals surface area contributed by atoms with Gasteiger partial charge in [-0.2, -0.15) is 0 Å². The summed E-state index contributed by atoms with van der Waals surface area (Å²) in [6, 6.07) is 11.2. The molecule has 1 unspecified atom stereocenters. The van der Waals surface area contributed by atoms with Crippen LogP contribution in [0, 0.1) is 11.7 Å². The number of fused-ring (bicyclic) bond motifs is 1. The van der Waals surface area contributed by atoms with Crippen LogP contribution in [0.4, 0.5) is 4.39 Å². The summed E-state index contributed by atoms with van der Waals surface area (Å²) in [6.45, 7) is 0. The molecule has 0 spiro atoms. The fraction of sp³-hybridized carbons (Fsp3) is 0.100. The quantitative estimate of drug-likeness (QED) is 0.629. The van der Waals surface area contributed by atoms with Crippen molar-refractivity contribution >= 4 is 28.5 Å². The number of halogens is 2. The van der Waals surface area contributed by atoms with Gasteiger partial charge in [-0.3, -0.25) is 9.36 Å². The Kier molecular flexibility index (Phi) is 3.98. The van der Waals surface area contributed by atoms with Gasteiger partial charge in [-0.25, -0.2) is 9.37 Å². The van der Waals surface area contributed by atoms with Crippen LogP contribution in [0.5, 0.6) is 0 Å². The second-order valence-electron chi connectivity index (χ2n) is 5.90. The predicted octanol–water partition coefficient (Wildman–Crippen LogP) is 5.27. The van der Waals surface area contributed by atoms with Crippen molar-refractivity contribution in [1.29, 1.82) is 0 Å². The number of nitrogens with zero attached hydrogens (tertiary/aromatic N) is 2. The van der Waals surface area contributed by atoms with E-state index in [0.717, 1.165) is 0 Å². The molecule has 1 aliphatic carbocycles. The fourth-order valence-corrected chi connectivity index (χ4v) is 3.16. The van der Waals surface area contributed by atoms with Crippen molar-refractivity contribution in [2.45, 2.75) is 6.42 Å². The number of hydrogen-bond donors (Lipinski definition) is 0. The molecule has 3 nitrogen and oxygen atoms in total. The van der Waals surface area contributed by atoms with Crippen LogP contribution in [0.15, 0.2) is 66.8 Å². The van der Waals surface area contributed by atoms with E-state index < -0.39 is 0 Å². The van der Waals surface area contributed by atoms with Crippen LogP contribution in [-0.4, -0.2) is 15.5 Å². The Balaban J connectivity index is 1.92. The Hall–Kier alpha value is -2.72. The molecule has 1 heterocycles. The van der Waals surface area contributed by atoms with E-state index in [1.807, 2.05) is 24.3 Å². The second kappa shape index (κ2) is 6.30. The van der Waals surface area contributed by atoms with Crippen molar-refractivity contribution in [1.82, 2.24) is 9.55 Å². The van der Waals surface area contributed by atoms with E-state index in [9.17, 15) is 9.18 Å². The molecule has 0 fully saturated rings. The van der Waals surface area contributed by atoms with Crippen molar-refractivity contribution in [3.05, 3.63) is 77.6 Å². The van der Waals surface area contributed by atoms with Crippen molar-refractivity contribution in [3.8, 4) is 11.4 Å². The molecule has 1 aliphatic rings. The molecule has 0 bridgehead atoms. The fourth-order valence-electron chi connectivity index (χ4n) is 3.00. The Morgan fingerprint density at radius 2 is 1.96 bits per heavy atom. The first-order valence-electron chi connectivity index (χ1n) is 7.95. The molecule has 25 heavy (non-hydrogen) atoms. The summed E-state index contributed by atoms with van der Waals surface area (Å²) in [5.41, 5.74) is 2.00. The van der Waals surface area contributed by atoms with E-state index in [1.165, 1.54) is 12.1 Å². The van der Waals surface area contributed by atoms with Crippen LogP contribution < -0.4 is 0 Å². The maximum absolute atomic E-state index is 13.3. The average molecular weight is 353 g/mol. The highest BCUT2D eigenvalue weighted by Crippen LogP contribution is 2.29. The summed E-state index contributed by atoms with van der Waals surface area (Å²) >= 11 is 6.07. The largest absolute Gasteiger partial charge is 0.273 e. The number of aromatic nitrogens is 2. The lowest BCUT2D eigenvalue weighted by Crippen LogP contribution is -2.21. The van der Waals surface area contributed by atoms with Gasteiger partial charge in [-0.05, 0) is 48.9 Å². The number of imidazole rings is 1.